The summed E-state index contributed by atoms with van der Waals surface area (Å²) in [4.78, 5) is 0. The van der Waals surface area contributed by atoms with Gasteiger partial charge in [-0.05, 0) is 59.5 Å². The van der Waals surface area contributed by atoms with Gasteiger partial charge in [0.2, 0.25) is 0 Å². The van der Waals surface area contributed by atoms with Gasteiger partial charge in [0.1, 0.15) is 16.3 Å². The second-order valence-electron chi connectivity index (χ2n) is 4.31. The molecule has 0 unspecified atom stereocenters. The van der Waals surface area contributed by atoms with Crippen LogP contribution in [0, 0.1) is 32.1 Å². The number of aryl methyl sites for hydroxylation is 1. The number of aromatic nitrogens is 1. The maximum Gasteiger partial charge on any atom is 0.198 e. The normalized spacial score (nSPS) is 10.3. The smallest absolute Gasteiger partial charge is 0.198 e. The molecule has 5 heteroatoms. The fourth-order valence-electron chi connectivity index (χ4n) is 2.12. The van der Waals surface area contributed by atoms with Gasteiger partial charge in [-0.2, -0.15) is 5.26 Å². The number of rotatable bonds is 2. The molecule has 1 aromatic carbocycles. The lowest BCUT2D eigenvalue weighted by atomic mass is 9.97. The molecule has 1 heterocycles. The highest BCUT2D eigenvalue weighted by Gasteiger charge is 2.20. The summed E-state index contributed by atoms with van der Waals surface area (Å²) in [6.45, 7) is 5.97. The highest BCUT2D eigenvalue weighted by atomic mass is 79.9. The zero-order valence-electron chi connectivity index (χ0n) is 11.2. The number of hydrogen-bond donors (Lipinski definition) is 0. The van der Waals surface area contributed by atoms with Crippen LogP contribution in [0.5, 0.6) is 5.75 Å². The average Bonchev–Trinajstić information content (AvgIpc) is 2.75. The summed E-state index contributed by atoms with van der Waals surface area (Å²) in [5.41, 5.74) is 4.28. The average molecular weight is 321 g/mol. The summed E-state index contributed by atoms with van der Waals surface area (Å²) in [5.74, 6) is 1.44. The molecular formula is C14H13BrN2O2. The van der Waals surface area contributed by atoms with Crippen molar-refractivity contribution in [3.05, 3.63) is 32.9 Å². The van der Waals surface area contributed by atoms with E-state index in [0.717, 1.165) is 28.0 Å². The molecule has 0 spiro atoms. The lowest BCUT2D eigenvalue weighted by molar-refractivity contribution is 0.407. The Morgan fingerprint density at radius 2 is 2.00 bits per heavy atom. The zero-order valence-corrected chi connectivity index (χ0v) is 12.8. The van der Waals surface area contributed by atoms with Crippen LogP contribution in [0.2, 0.25) is 0 Å². The van der Waals surface area contributed by atoms with Gasteiger partial charge in [0.25, 0.3) is 0 Å². The Labute approximate surface area is 120 Å². The Morgan fingerprint density at radius 3 is 2.53 bits per heavy atom. The Bertz CT molecular complexity index is 684. The van der Waals surface area contributed by atoms with Crippen molar-refractivity contribution < 1.29 is 9.26 Å². The van der Waals surface area contributed by atoms with Gasteiger partial charge in [-0.15, -0.1) is 0 Å². The molecule has 98 valence electrons. The SMILES string of the molecule is COc1c(C)cc(-c2onc(C#N)c2Br)c(C)c1C. The van der Waals surface area contributed by atoms with Crippen LogP contribution < -0.4 is 4.74 Å². The van der Waals surface area contributed by atoms with E-state index in [9.17, 15) is 0 Å². The largest absolute Gasteiger partial charge is 0.496 e. The first-order valence-corrected chi connectivity index (χ1v) is 6.51. The summed E-state index contributed by atoms with van der Waals surface area (Å²) in [6.07, 6.45) is 0. The molecule has 0 aliphatic rings. The number of methoxy groups -OCH3 is 1. The molecule has 0 amide bonds. The molecule has 19 heavy (non-hydrogen) atoms. The number of halogens is 1. The maximum atomic E-state index is 8.92. The van der Waals surface area contributed by atoms with E-state index in [1.807, 2.05) is 32.9 Å². The lowest BCUT2D eigenvalue weighted by Gasteiger charge is -2.14. The number of hydrogen-bond acceptors (Lipinski definition) is 4. The molecule has 2 rings (SSSR count). The third kappa shape index (κ3) is 2.13. The van der Waals surface area contributed by atoms with Crippen LogP contribution in [0.25, 0.3) is 11.3 Å². The fourth-order valence-corrected chi connectivity index (χ4v) is 2.57. The Morgan fingerprint density at radius 1 is 1.32 bits per heavy atom. The summed E-state index contributed by atoms with van der Waals surface area (Å²) >= 11 is 3.36. The van der Waals surface area contributed by atoms with Crippen LogP contribution in [0.1, 0.15) is 22.4 Å². The molecule has 0 saturated heterocycles. The van der Waals surface area contributed by atoms with E-state index >= 15 is 0 Å². The summed E-state index contributed by atoms with van der Waals surface area (Å²) < 4.78 is 11.3. The molecule has 0 fully saturated rings. The van der Waals surface area contributed by atoms with Crippen LogP contribution in [0.15, 0.2) is 15.1 Å². The van der Waals surface area contributed by atoms with Crippen molar-refractivity contribution in [3.63, 3.8) is 0 Å². The molecule has 0 bridgehead atoms. The van der Waals surface area contributed by atoms with Gasteiger partial charge in [-0.3, -0.25) is 0 Å². The molecule has 4 nitrogen and oxygen atoms in total. The van der Waals surface area contributed by atoms with Crippen molar-refractivity contribution in [2.45, 2.75) is 20.8 Å². The molecule has 1 aromatic heterocycles. The Hall–Kier alpha value is -1.80. The standard InChI is InChI=1S/C14H13BrN2O2/c1-7-5-10(8(2)9(3)13(7)18-4)14-12(15)11(6-16)17-19-14/h5H,1-4H3. The van der Waals surface area contributed by atoms with Gasteiger partial charge in [0.05, 0.1) is 7.11 Å². The number of benzene rings is 1. The second kappa shape index (κ2) is 5.06. The molecule has 0 aliphatic carbocycles. The first-order chi connectivity index (χ1) is 9.01. The van der Waals surface area contributed by atoms with Gasteiger partial charge in [0.15, 0.2) is 11.5 Å². The predicted molar refractivity (Wildman–Crippen MR) is 75.1 cm³/mol. The van der Waals surface area contributed by atoms with Crippen molar-refractivity contribution >= 4 is 15.9 Å². The van der Waals surface area contributed by atoms with Crippen LogP contribution >= 0.6 is 15.9 Å². The van der Waals surface area contributed by atoms with E-state index in [1.165, 1.54) is 0 Å². The Kier molecular flexibility index (Phi) is 3.63. The number of nitrogens with zero attached hydrogens (tertiary/aromatic N) is 2. The highest BCUT2D eigenvalue weighted by Crippen LogP contribution is 2.38. The van der Waals surface area contributed by atoms with Crippen molar-refractivity contribution in [2.24, 2.45) is 0 Å². The first kappa shape index (κ1) is 13.6. The van der Waals surface area contributed by atoms with Crippen LogP contribution in [-0.2, 0) is 0 Å². The summed E-state index contributed by atoms with van der Waals surface area (Å²) in [7, 11) is 1.66. The van der Waals surface area contributed by atoms with Gasteiger partial charge in [-0.1, -0.05) is 5.16 Å². The van der Waals surface area contributed by atoms with Crippen LogP contribution in [0.4, 0.5) is 0 Å². The van der Waals surface area contributed by atoms with Crippen molar-refractivity contribution in [2.75, 3.05) is 7.11 Å². The van der Waals surface area contributed by atoms with E-state index in [1.54, 1.807) is 7.11 Å². The summed E-state index contributed by atoms with van der Waals surface area (Å²) in [6, 6.07) is 3.96. The fraction of sp³-hybridized carbons (Fsp3) is 0.286. The lowest BCUT2D eigenvalue weighted by Crippen LogP contribution is -1.96. The summed E-state index contributed by atoms with van der Waals surface area (Å²) in [5, 5.41) is 12.7. The molecule has 0 aliphatic heterocycles. The second-order valence-corrected chi connectivity index (χ2v) is 5.10. The molecular weight excluding hydrogens is 308 g/mol. The third-order valence-corrected chi connectivity index (χ3v) is 3.95. The first-order valence-electron chi connectivity index (χ1n) is 5.71. The zero-order chi connectivity index (χ0) is 14.2. The highest BCUT2D eigenvalue weighted by molar-refractivity contribution is 9.10. The van der Waals surface area contributed by atoms with Gasteiger partial charge < -0.3 is 9.26 Å². The van der Waals surface area contributed by atoms with Crippen molar-refractivity contribution in [1.82, 2.24) is 5.16 Å². The minimum Gasteiger partial charge on any atom is -0.496 e. The molecule has 0 N–H and O–H groups in total. The van der Waals surface area contributed by atoms with E-state index in [-0.39, 0.29) is 5.69 Å². The van der Waals surface area contributed by atoms with Crippen LogP contribution in [-0.4, -0.2) is 12.3 Å². The molecule has 0 radical (unpaired) electrons. The van der Waals surface area contributed by atoms with Crippen LogP contribution in [0.3, 0.4) is 0 Å². The van der Waals surface area contributed by atoms with E-state index in [2.05, 4.69) is 21.1 Å². The van der Waals surface area contributed by atoms with Crippen molar-refractivity contribution in [3.8, 4) is 23.1 Å². The quantitative estimate of drug-likeness (QED) is 0.841. The van der Waals surface area contributed by atoms with Gasteiger partial charge >= 0.3 is 0 Å². The topological polar surface area (TPSA) is 59.1 Å². The van der Waals surface area contributed by atoms with E-state index in [0.29, 0.717) is 10.2 Å². The molecule has 0 saturated carbocycles. The van der Waals surface area contributed by atoms with Gasteiger partial charge in [-0.25, -0.2) is 0 Å². The third-order valence-electron chi connectivity index (χ3n) is 3.22. The minimum atomic E-state index is 0.250. The number of nitriles is 1. The molecule has 0 atom stereocenters. The molecule has 2 aromatic rings. The van der Waals surface area contributed by atoms with E-state index < -0.39 is 0 Å². The Balaban J connectivity index is 2.70. The maximum absolute atomic E-state index is 8.92. The number of ether oxygens (including phenoxy) is 1. The minimum absolute atomic E-state index is 0.250. The van der Waals surface area contributed by atoms with Gasteiger partial charge in [0, 0.05) is 5.56 Å². The predicted octanol–water partition coefficient (Wildman–Crippen LogP) is 3.91. The van der Waals surface area contributed by atoms with Crippen molar-refractivity contribution in [1.29, 1.82) is 5.26 Å². The van der Waals surface area contributed by atoms with E-state index in [4.69, 9.17) is 14.5 Å². The monoisotopic (exact) mass is 320 g/mol.